The first-order valence-electron chi connectivity index (χ1n) is 6.14. The second-order valence-electron chi connectivity index (χ2n) is 4.25. The zero-order valence-corrected chi connectivity index (χ0v) is 12.6. The summed E-state index contributed by atoms with van der Waals surface area (Å²) in [6.07, 6.45) is 1.95. The van der Waals surface area contributed by atoms with E-state index in [0.717, 1.165) is 10.4 Å². The SMILES string of the molecule is CS[C@@H](C)C(=O)N[C@H](c1ccccc1)c1cccs1. The van der Waals surface area contributed by atoms with Crippen LogP contribution in [0.4, 0.5) is 0 Å². The molecule has 0 spiro atoms. The van der Waals surface area contributed by atoms with Gasteiger partial charge in [0, 0.05) is 4.88 Å². The third-order valence-corrected chi connectivity index (χ3v) is 4.83. The van der Waals surface area contributed by atoms with Gasteiger partial charge in [0.25, 0.3) is 0 Å². The molecule has 1 amide bonds. The van der Waals surface area contributed by atoms with Crippen molar-refractivity contribution in [2.24, 2.45) is 0 Å². The molecule has 0 aliphatic carbocycles. The van der Waals surface area contributed by atoms with E-state index >= 15 is 0 Å². The maximum atomic E-state index is 12.1. The van der Waals surface area contributed by atoms with E-state index in [-0.39, 0.29) is 17.2 Å². The molecule has 2 atom stereocenters. The van der Waals surface area contributed by atoms with Crippen LogP contribution in [0.25, 0.3) is 0 Å². The zero-order chi connectivity index (χ0) is 13.7. The Labute approximate surface area is 122 Å². The van der Waals surface area contributed by atoms with E-state index < -0.39 is 0 Å². The summed E-state index contributed by atoms with van der Waals surface area (Å²) >= 11 is 3.22. The molecule has 0 aliphatic rings. The van der Waals surface area contributed by atoms with E-state index in [1.54, 1.807) is 23.1 Å². The van der Waals surface area contributed by atoms with Gasteiger partial charge in [-0.15, -0.1) is 11.3 Å². The second kappa shape index (κ2) is 6.78. The molecule has 0 radical (unpaired) electrons. The fourth-order valence-corrected chi connectivity index (χ4v) is 2.87. The minimum Gasteiger partial charge on any atom is -0.343 e. The summed E-state index contributed by atoms with van der Waals surface area (Å²) in [5.41, 5.74) is 1.12. The molecule has 0 unspecified atom stereocenters. The van der Waals surface area contributed by atoms with Gasteiger partial charge in [0.15, 0.2) is 0 Å². The van der Waals surface area contributed by atoms with Crippen LogP contribution in [0, 0.1) is 0 Å². The van der Waals surface area contributed by atoms with Gasteiger partial charge in [-0.1, -0.05) is 36.4 Å². The fraction of sp³-hybridized carbons (Fsp3) is 0.267. The van der Waals surface area contributed by atoms with Crippen LogP contribution in [0.3, 0.4) is 0 Å². The highest BCUT2D eigenvalue weighted by Gasteiger charge is 2.20. The van der Waals surface area contributed by atoms with Gasteiger partial charge in [0.05, 0.1) is 11.3 Å². The zero-order valence-electron chi connectivity index (χ0n) is 11.0. The quantitative estimate of drug-likeness (QED) is 0.910. The molecule has 0 aliphatic heterocycles. The molecule has 4 heteroatoms. The van der Waals surface area contributed by atoms with Gasteiger partial charge in [-0.25, -0.2) is 0 Å². The number of carbonyl (C=O) groups excluding carboxylic acids is 1. The Bertz CT molecular complexity index is 510. The number of carbonyl (C=O) groups is 1. The lowest BCUT2D eigenvalue weighted by Gasteiger charge is -2.20. The first-order chi connectivity index (χ1) is 9.22. The topological polar surface area (TPSA) is 29.1 Å². The average molecular weight is 291 g/mol. The van der Waals surface area contributed by atoms with Crippen LogP contribution in [0.15, 0.2) is 47.8 Å². The van der Waals surface area contributed by atoms with Crippen LogP contribution in [-0.2, 0) is 4.79 Å². The van der Waals surface area contributed by atoms with Crippen molar-refractivity contribution in [1.82, 2.24) is 5.32 Å². The number of amides is 1. The molecular weight excluding hydrogens is 274 g/mol. The van der Waals surface area contributed by atoms with Crippen molar-refractivity contribution in [2.75, 3.05) is 6.26 Å². The number of rotatable bonds is 5. The number of nitrogens with one attached hydrogen (secondary N) is 1. The smallest absolute Gasteiger partial charge is 0.233 e. The molecule has 19 heavy (non-hydrogen) atoms. The lowest BCUT2D eigenvalue weighted by molar-refractivity contribution is -0.120. The fourth-order valence-electron chi connectivity index (χ4n) is 1.79. The van der Waals surface area contributed by atoms with Crippen LogP contribution < -0.4 is 5.32 Å². The molecule has 1 heterocycles. The van der Waals surface area contributed by atoms with Crippen molar-refractivity contribution >= 4 is 29.0 Å². The third kappa shape index (κ3) is 3.61. The highest BCUT2D eigenvalue weighted by atomic mass is 32.2. The van der Waals surface area contributed by atoms with Gasteiger partial charge in [-0.2, -0.15) is 11.8 Å². The Morgan fingerprint density at radius 2 is 1.95 bits per heavy atom. The van der Waals surface area contributed by atoms with Crippen LogP contribution in [0.2, 0.25) is 0 Å². The van der Waals surface area contributed by atoms with E-state index in [1.165, 1.54) is 0 Å². The van der Waals surface area contributed by atoms with Crippen molar-refractivity contribution in [2.45, 2.75) is 18.2 Å². The first-order valence-corrected chi connectivity index (χ1v) is 8.30. The maximum absolute atomic E-state index is 12.1. The van der Waals surface area contributed by atoms with Gasteiger partial charge >= 0.3 is 0 Å². The van der Waals surface area contributed by atoms with E-state index in [1.807, 2.05) is 42.8 Å². The van der Waals surface area contributed by atoms with Gasteiger partial charge in [0.2, 0.25) is 5.91 Å². The maximum Gasteiger partial charge on any atom is 0.233 e. The van der Waals surface area contributed by atoms with Crippen LogP contribution >= 0.6 is 23.1 Å². The van der Waals surface area contributed by atoms with E-state index in [9.17, 15) is 4.79 Å². The van der Waals surface area contributed by atoms with E-state index in [4.69, 9.17) is 0 Å². The number of thiophene rings is 1. The van der Waals surface area contributed by atoms with E-state index in [0.29, 0.717) is 0 Å². The predicted molar refractivity (Wildman–Crippen MR) is 83.7 cm³/mol. The Kier molecular flexibility index (Phi) is 5.05. The van der Waals surface area contributed by atoms with Crippen molar-refractivity contribution in [3.63, 3.8) is 0 Å². The number of thioether (sulfide) groups is 1. The second-order valence-corrected chi connectivity index (χ2v) is 6.40. The molecule has 0 bridgehead atoms. The minimum absolute atomic E-state index is 0.0359. The number of benzene rings is 1. The molecule has 0 saturated carbocycles. The summed E-state index contributed by atoms with van der Waals surface area (Å²) in [5.74, 6) is 0.0785. The Morgan fingerprint density at radius 1 is 1.21 bits per heavy atom. The van der Waals surface area contributed by atoms with Crippen LogP contribution in [-0.4, -0.2) is 17.4 Å². The summed E-state index contributed by atoms with van der Waals surface area (Å²) < 4.78 is 0. The molecule has 2 nitrogen and oxygen atoms in total. The third-order valence-electron chi connectivity index (χ3n) is 2.97. The molecular formula is C15H17NOS2. The number of hydrogen-bond donors (Lipinski definition) is 1. The summed E-state index contributed by atoms with van der Waals surface area (Å²) in [5, 5.41) is 5.14. The molecule has 1 N–H and O–H groups in total. The lowest BCUT2D eigenvalue weighted by Crippen LogP contribution is -2.34. The van der Waals surface area contributed by atoms with Crippen LogP contribution in [0.1, 0.15) is 23.4 Å². The van der Waals surface area contributed by atoms with Crippen LogP contribution in [0.5, 0.6) is 0 Å². The molecule has 1 aromatic heterocycles. The summed E-state index contributed by atoms with van der Waals surface area (Å²) in [7, 11) is 0. The molecule has 100 valence electrons. The van der Waals surface area contributed by atoms with Crippen molar-refractivity contribution in [3.8, 4) is 0 Å². The summed E-state index contributed by atoms with van der Waals surface area (Å²) in [6, 6.07) is 14.1. The largest absolute Gasteiger partial charge is 0.343 e. The normalized spacial score (nSPS) is 13.8. The highest BCUT2D eigenvalue weighted by Crippen LogP contribution is 2.26. The Balaban J connectivity index is 2.24. The number of hydrogen-bond acceptors (Lipinski definition) is 3. The molecule has 1 aromatic carbocycles. The highest BCUT2D eigenvalue weighted by molar-refractivity contribution is 7.99. The van der Waals surface area contributed by atoms with Gasteiger partial charge < -0.3 is 5.32 Å². The van der Waals surface area contributed by atoms with E-state index in [2.05, 4.69) is 23.5 Å². The Hall–Kier alpha value is -1.26. The minimum atomic E-state index is -0.0525. The van der Waals surface area contributed by atoms with Crippen molar-refractivity contribution < 1.29 is 4.79 Å². The molecule has 0 fully saturated rings. The van der Waals surface area contributed by atoms with Crippen molar-refractivity contribution in [1.29, 1.82) is 0 Å². The van der Waals surface area contributed by atoms with Gasteiger partial charge in [-0.3, -0.25) is 4.79 Å². The molecule has 2 rings (SSSR count). The Morgan fingerprint density at radius 3 is 2.53 bits per heavy atom. The van der Waals surface area contributed by atoms with Crippen molar-refractivity contribution in [3.05, 3.63) is 58.3 Å². The lowest BCUT2D eigenvalue weighted by atomic mass is 10.1. The molecule has 2 aromatic rings. The van der Waals surface area contributed by atoms with Gasteiger partial charge in [-0.05, 0) is 30.2 Å². The van der Waals surface area contributed by atoms with Gasteiger partial charge in [0.1, 0.15) is 0 Å². The predicted octanol–water partition coefficient (Wildman–Crippen LogP) is 3.71. The standard InChI is InChI=1S/C15H17NOS2/c1-11(18-2)15(17)16-14(13-9-6-10-19-13)12-7-4-3-5-8-12/h3-11,14H,1-2H3,(H,16,17)/t11-,14+/m0/s1. The summed E-state index contributed by atoms with van der Waals surface area (Å²) in [6.45, 7) is 1.93. The molecule has 0 saturated heterocycles. The summed E-state index contributed by atoms with van der Waals surface area (Å²) in [4.78, 5) is 13.3. The first kappa shape index (κ1) is 14.2. The monoisotopic (exact) mass is 291 g/mol. The average Bonchev–Trinajstić information content (AvgIpc) is 2.98.